The van der Waals surface area contributed by atoms with Gasteiger partial charge in [0.2, 0.25) is 11.8 Å². The first-order valence-corrected chi connectivity index (χ1v) is 9.52. The number of anilines is 1. The van der Waals surface area contributed by atoms with Crippen molar-refractivity contribution in [2.24, 2.45) is 0 Å². The van der Waals surface area contributed by atoms with E-state index in [2.05, 4.69) is 20.8 Å². The van der Waals surface area contributed by atoms with Gasteiger partial charge in [0, 0.05) is 35.6 Å². The van der Waals surface area contributed by atoms with Crippen LogP contribution in [0.2, 0.25) is 0 Å². The molecule has 0 aliphatic heterocycles. The SMILES string of the molecule is CC(C)=CC(=O)NCc1ccc(C(=O)Nc2ccc(Oc3cc(C)[nH]n3)cc2)cc1. The summed E-state index contributed by atoms with van der Waals surface area (Å²) in [6.07, 6.45) is 1.55. The fourth-order valence-corrected chi connectivity index (χ4v) is 2.65. The zero-order chi connectivity index (χ0) is 21.5. The number of hydrogen-bond acceptors (Lipinski definition) is 4. The number of amides is 2. The lowest BCUT2D eigenvalue weighted by Gasteiger charge is -2.08. The van der Waals surface area contributed by atoms with E-state index in [-0.39, 0.29) is 11.8 Å². The van der Waals surface area contributed by atoms with E-state index in [1.807, 2.05) is 32.9 Å². The molecule has 0 fully saturated rings. The molecule has 0 aliphatic rings. The Labute approximate surface area is 175 Å². The maximum Gasteiger partial charge on any atom is 0.255 e. The monoisotopic (exact) mass is 404 g/mol. The summed E-state index contributed by atoms with van der Waals surface area (Å²) in [5, 5.41) is 12.5. The van der Waals surface area contributed by atoms with Crippen LogP contribution in [0.15, 0.2) is 66.2 Å². The van der Waals surface area contributed by atoms with Crippen LogP contribution in [-0.4, -0.2) is 22.0 Å². The molecule has 7 nitrogen and oxygen atoms in total. The number of allylic oxidation sites excluding steroid dienone is 1. The van der Waals surface area contributed by atoms with Crippen molar-refractivity contribution >= 4 is 17.5 Å². The van der Waals surface area contributed by atoms with Gasteiger partial charge in [0.05, 0.1) is 0 Å². The predicted octanol–water partition coefficient (Wildman–Crippen LogP) is 4.35. The first-order valence-electron chi connectivity index (χ1n) is 9.52. The Morgan fingerprint density at radius 2 is 1.77 bits per heavy atom. The second-order valence-electron chi connectivity index (χ2n) is 7.11. The molecule has 0 saturated heterocycles. The van der Waals surface area contributed by atoms with Gasteiger partial charge in [0.25, 0.3) is 5.91 Å². The van der Waals surface area contributed by atoms with Gasteiger partial charge >= 0.3 is 0 Å². The number of nitrogens with zero attached hydrogens (tertiary/aromatic N) is 1. The lowest BCUT2D eigenvalue weighted by atomic mass is 10.1. The van der Waals surface area contributed by atoms with Crippen LogP contribution in [0.25, 0.3) is 0 Å². The highest BCUT2D eigenvalue weighted by atomic mass is 16.5. The normalized spacial score (nSPS) is 10.2. The Morgan fingerprint density at radius 3 is 2.37 bits per heavy atom. The van der Waals surface area contributed by atoms with E-state index >= 15 is 0 Å². The van der Waals surface area contributed by atoms with Crippen LogP contribution in [0, 0.1) is 6.92 Å². The van der Waals surface area contributed by atoms with Gasteiger partial charge in [-0.25, -0.2) is 0 Å². The number of aromatic nitrogens is 2. The number of rotatable bonds is 7. The number of aromatic amines is 1. The van der Waals surface area contributed by atoms with E-state index in [0.29, 0.717) is 29.4 Å². The first kappa shape index (κ1) is 20.9. The zero-order valence-corrected chi connectivity index (χ0v) is 17.2. The van der Waals surface area contributed by atoms with Crippen molar-refractivity contribution in [3.63, 3.8) is 0 Å². The van der Waals surface area contributed by atoms with Gasteiger partial charge in [-0.1, -0.05) is 17.7 Å². The number of hydrogen-bond donors (Lipinski definition) is 3. The summed E-state index contributed by atoms with van der Waals surface area (Å²) in [6.45, 7) is 6.04. The van der Waals surface area contributed by atoms with Gasteiger partial charge in [-0.15, -0.1) is 5.10 Å². The number of aryl methyl sites for hydroxylation is 1. The molecule has 7 heteroatoms. The van der Waals surface area contributed by atoms with Gasteiger partial charge in [0.1, 0.15) is 5.75 Å². The molecule has 2 amide bonds. The van der Waals surface area contributed by atoms with E-state index in [1.165, 1.54) is 0 Å². The molecule has 3 N–H and O–H groups in total. The van der Waals surface area contributed by atoms with Crippen LogP contribution >= 0.6 is 0 Å². The van der Waals surface area contributed by atoms with Crippen LogP contribution < -0.4 is 15.4 Å². The van der Waals surface area contributed by atoms with Gasteiger partial charge in [-0.05, 0) is 62.7 Å². The summed E-state index contributed by atoms with van der Waals surface area (Å²) in [7, 11) is 0. The lowest BCUT2D eigenvalue weighted by molar-refractivity contribution is -0.116. The summed E-state index contributed by atoms with van der Waals surface area (Å²) in [6, 6.07) is 16.0. The Morgan fingerprint density at radius 1 is 1.07 bits per heavy atom. The highest BCUT2D eigenvalue weighted by Crippen LogP contribution is 2.22. The second kappa shape index (κ2) is 9.56. The van der Waals surface area contributed by atoms with Crippen molar-refractivity contribution in [2.45, 2.75) is 27.3 Å². The van der Waals surface area contributed by atoms with Crippen LogP contribution in [0.1, 0.15) is 35.5 Å². The predicted molar refractivity (Wildman–Crippen MR) is 116 cm³/mol. The topological polar surface area (TPSA) is 96.1 Å². The molecule has 0 atom stereocenters. The first-order chi connectivity index (χ1) is 14.4. The molecule has 154 valence electrons. The van der Waals surface area contributed by atoms with Gasteiger partial charge < -0.3 is 15.4 Å². The van der Waals surface area contributed by atoms with Crippen LogP contribution in [-0.2, 0) is 11.3 Å². The Kier molecular flexibility index (Phi) is 6.64. The summed E-state index contributed by atoms with van der Waals surface area (Å²) in [5.41, 5.74) is 3.95. The molecule has 3 rings (SSSR count). The third-order valence-electron chi connectivity index (χ3n) is 4.12. The molecule has 0 spiro atoms. The number of carbonyl (C=O) groups excluding carboxylic acids is 2. The third kappa shape index (κ3) is 6.07. The lowest BCUT2D eigenvalue weighted by Crippen LogP contribution is -2.20. The number of nitrogens with one attached hydrogen (secondary N) is 3. The molecule has 1 aromatic heterocycles. The van der Waals surface area contributed by atoms with E-state index in [1.54, 1.807) is 48.5 Å². The molecule has 30 heavy (non-hydrogen) atoms. The van der Waals surface area contributed by atoms with Gasteiger partial charge in [-0.2, -0.15) is 0 Å². The van der Waals surface area contributed by atoms with Crippen LogP contribution in [0.4, 0.5) is 5.69 Å². The van der Waals surface area contributed by atoms with Gasteiger partial charge in [-0.3, -0.25) is 14.7 Å². The third-order valence-corrected chi connectivity index (χ3v) is 4.12. The van der Waals surface area contributed by atoms with Crippen molar-refractivity contribution < 1.29 is 14.3 Å². The van der Waals surface area contributed by atoms with Crippen molar-refractivity contribution in [1.82, 2.24) is 15.5 Å². The average Bonchev–Trinajstić information content (AvgIpc) is 3.12. The number of H-pyrrole nitrogens is 1. The summed E-state index contributed by atoms with van der Waals surface area (Å²) in [5.74, 6) is 0.763. The molecule has 0 aliphatic carbocycles. The summed E-state index contributed by atoms with van der Waals surface area (Å²) >= 11 is 0. The maximum absolute atomic E-state index is 12.5. The Hall–Kier alpha value is -3.87. The van der Waals surface area contributed by atoms with Crippen LogP contribution in [0.3, 0.4) is 0 Å². The molecular weight excluding hydrogens is 380 g/mol. The highest BCUT2D eigenvalue weighted by Gasteiger charge is 2.07. The summed E-state index contributed by atoms with van der Waals surface area (Å²) < 4.78 is 5.63. The largest absolute Gasteiger partial charge is 0.438 e. The number of carbonyl (C=O) groups is 2. The average molecular weight is 404 g/mol. The second-order valence-corrected chi connectivity index (χ2v) is 7.11. The van der Waals surface area contributed by atoms with Crippen molar-refractivity contribution in [1.29, 1.82) is 0 Å². The molecule has 1 heterocycles. The van der Waals surface area contributed by atoms with E-state index in [0.717, 1.165) is 16.8 Å². The molecule has 0 saturated carbocycles. The quantitative estimate of drug-likeness (QED) is 0.510. The molecule has 0 bridgehead atoms. The van der Waals surface area contributed by atoms with Gasteiger partial charge in [0.15, 0.2) is 0 Å². The molecule has 0 radical (unpaired) electrons. The smallest absolute Gasteiger partial charge is 0.255 e. The fraction of sp³-hybridized carbons (Fsp3) is 0.174. The van der Waals surface area contributed by atoms with Crippen molar-refractivity contribution in [3.8, 4) is 11.6 Å². The Bertz CT molecular complexity index is 1050. The fourth-order valence-electron chi connectivity index (χ4n) is 2.65. The van der Waals surface area contributed by atoms with Crippen LogP contribution in [0.5, 0.6) is 11.6 Å². The minimum absolute atomic E-state index is 0.133. The Balaban J connectivity index is 1.54. The minimum atomic E-state index is -0.216. The highest BCUT2D eigenvalue weighted by molar-refractivity contribution is 6.04. The van der Waals surface area contributed by atoms with E-state index in [9.17, 15) is 9.59 Å². The van der Waals surface area contributed by atoms with Crippen molar-refractivity contribution in [3.05, 3.63) is 83.1 Å². The standard InChI is InChI=1S/C23H24N4O3/c1-15(2)12-21(28)24-14-17-4-6-18(7-5-17)23(29)25-19-8-10-20(11-9-19)30-22-13-16(3)26-27-22/h4-13H,14H2,1-3H3,(H,24,28)(H,25,29)(H,26,27). The van der Waals surface area contributed by atoms with E-state index < -0.39 is 0 Å². The summed E-state index contributed by atoms with van der Waals surface area (Å²) in [4.78, 5) is 24.1. The zero-order valence-electron chi connectivity index (χ0n) is 17.2. The van der Waals surface area contributed by atoms with E-state index in [4.69, 9.17) is 4.74 Å². The van der Waals surface area contributed by atoms with Crippen molar-refractivity contribution in [2.75, 3.05) is 5.32 Å². The maximum atomic E-state index is 12.5. The molecule has 2 aromatic carbocycles. The number of ether oxygens (including phenoxy) is 1. The molecular formula is C23H24N4O3. The molecule has 0 unspecified atom stereocenters. The molecule has 3 aromatic rings. The number of benzene rings is 2. The minimum Gasteiger partial charge on any atom is -0.438 e.